The Balaban J connectivity index is 0.00000529. The Morgan fingerprint density at radius 1 is 1.25 bits per heavy atom. The second kappa shape index (κ2) is 14.7. The first-order chi connectivity index (χ1) is 11.2. The van der Waals surface area contributed by atoms with Crippen molar-refractivity contribution in [2.24, 2.45) is 4.99 Å². The van der Waals surface area contributed by atoms with Gasteiger partial charge in [-0.05, 0) is 33.3 Å². The van der Waals surface area contributed by atoms with E-state index in [9.17, 15) is 0 Å². The molecule has 0 spiro atoms. The Kier molecular flexibility index (Phi) is 14.2. The summed E-state index contributed by atoms with van der Waals surface area (Å²) in [4.78, 5) is 6.76. The summed E-state index contributed by atoms with van der Waals surface area (Å²) >= 11 is 1.82. The number of hydrogen-bond donors (Lipinski definition) is 2. The Labute approximate surface area is 168 Å². The van der Waals surface area contributed by atoms with Gasteiger partial charge in [0, 0.05) is 31.0 Å². The molecule has 0 radical (unpaired) electrons. The second-order valence-corrected chi connectivity index (χ2v) is 6.36. The minimum atomic E-state index is 0. The van der Waals surface area contributed by atoms with Crippen LogP contribution in [0.25, 0.3) is 0 Å². The lowest BCUT2D eigenvalue weighted by atomic mass is 10.2. The standard InChI is InChI=1S/C17H30N4OS.HI/c1-5-18-17(19-10-13-23-4)20-14-15-8-6-7-9-16(15)22-12-11-21(2)3;/h6-9H,5,10-14H2,1-4H3,(H2,18,19,20);1H. The number of ether oxygens (including phenoxy) is 1. The smallest absolute Gasteiger partial charge is 0.191 e. The van der Waals surface area contributed by atoms with Crippen LogP contribution in [0.2, 0.25) is 0 Å². The van der Waals surface area contributed by atoms with Crippen molar-refractivity contribution < 1.29 is 4.74 Å². The van der Waals surface area contributed by atoms with Gasteiger partial charge in [0.15, 0.2) is 5.96 Å². The quantitative estimate of drug-likeness (QED) is 0.240. The van der Waals surface area contributed by atoms with E-state index in [2.05, 4.69) is 39.8 Å². The number of nitrogens with zero attached hydrogens (tertiary/aromatic N) is 2. The van der Waals surface area contributed by atoms with Crippen molar-refractivity contribution in [2.75, 3.05) is 52.3 Å². The molecule has 0 unspecified atom stereocenters. The third kappa shape index (κ3) is 10.2. The fraction of sp³-hybridized carbons (Fsp3) is 0.588. The SMILES string of the molecule is CCNC(=NCc1ccccc1OCCN(C)C)NCCSC.I. The molecule has 5 nitrogen and oxygen atoms in total. The van der Waals surface area contributed by atoms with Gasteiger partial charge in [0.1, 0.15) is 12.4 Å². The van der Waals surface area contributed by atoms with Crippen LogP contribution < -0.4 is 15.4 Å². The average Bonchev–Trinajstić information content (AvgIpc) is 2.53. The van der Waals surface area contributed by atoms with Crippen LogP contribution in [0.15, 0.2) is 29.3 Å². The Hall–Kier alpha value is -0.670. The number of thioether (sulfide) groups is 1. The zero-order valence-electron chi connectivity index (χ0n) is 15.2. The molecular weight excluding hydrogens is 435 g/mol. The van der Waals surface area contributed by atoms with Crippen molar-refractivity contribution in [1.29, 1.82) is 0 Å². The van der Waals surface area contributed by atoms with Crippen LogP contribution in [0.4, 0.5) is 0 Å². The lowest BCUT2D eigenvalue weighted by molar-refractivity contribution is 0.259. The molecule has 1 aromatic carbocycles. The number of benzene rings is 1. The third-order valence-corrected chi connectivity index (χ3v) is 3.73. The van der Waals surface area contributed by atoms with Gasteiger partial charge in [0.25, 0.3) is 0 Å². The molecule has 0 heterocycles. The second-order valence-electron chi connectivity index (χ2n) is 5.37. The molecule has 0 saturated carbocycles. The van der Waals surface area contributed by atoms with Gasteiger partial charge in [-0.15, -0.1) is 24.0 Å². The lowest BCUT2D eigenvalue weighted by Crippen LogP contribution is -2.38. The summed E-state index contributed by atoms with van der Waals surface area (Å²) in [6.45, 7) is 6.02. The van der Waals surface area contributed by atoms with E-state index in [1.807, 2.05) is 44.1 Å². The molecule has 0 fully saturated rings. The maximum atomic E-state index is 5.88. The Bertz CT molecular complexity index is 472. The molecule has 1 aromatic rings. The van der Waals surface area contributed by atoms with Crippen molar-refractivity contribution >= 4 is 41.7 Å². The van der Waals surface area contributed by atoms with Crippen LogP contribution >= 0.6 is 35.7 Å². The van der Waals surface area contributed by atoms with E-state index in [1.165, 1.54) is 0 Å². The molecule has 7 heteroatoms. The summed E-state index contributed by atoms with van der Waals surface area (Å²) in [6.07, 6.45) is 2.10. The molecule has 0 amide bonds. The zero-order valence-corrected chi connectivity index (χ0v) is 18.3. The number of aliphatic imine (C=N–C) groups is 1. The zero-order chi connectivity index (χ0) is 16.9. The molecule has 0 bridgehead atoms. The van der Waals surface area contributed by atoms with Crippen LogP contribution in [-0.2, 0) is 6.54 Å². The van der Waals surface area contributed by atoms with Crippen LogP contribution in [0.5, 0.6) is 5.75 Å². The molecule has 2 N–H and O–H groups in total. The predicted octanol–water partition coefficient (Wildman–Crippen LogP) is 2.66. The number of hydrogen-bond acceptors (Lipinski definition) is 4. The van der Waals surface area contributed by atoms with Gasteiger partial charge in [-0.25, -0.2) is 4.99 Å². The van der Waals surface area contributed by atoms with Gasteiger partial charge in [0.2, 0.25) is 0 Å². The largest absolute Gasteiger partial charge is 0.492 e. The highest BCUT2D eigenvalue weighted by Gasteiger charge is 2.04. The van der Waals surface area contributed by atoms with Crippen molar-refractivity contribution in [3.63, 3.8) is 0 Å². The van der Waals surface area contributed by atoms with E-state index < -0.39 is 0 Å². The highest BCUT2D eigenvalue weighted by molar-refractivity contribution is 14.0. The highest BCUT2D eigenvalue weighted by Crippen LogP contribution is 2.18. The summed E-state index contributed by atoms with van der Waals surface area (Å²) in [5, 5.41) is 6.61. The first kappa shape index (κ1) is 23.3. The van der Waals surface area contributed by atoms with Gasteiger partial charge in [-0.1, -0.05) is 18.2 Å². The minimum absolute atomic E-state index is 0. The Morgan fingerprint density at radius 3 is 2.67 bits per heavy atom. The van der Waals surface area contributed by atoms with Crippen LogP contribution in [0.3, 0.4) is 0 Å². The molecule has 138 valence electrons. The molecule has 0 atom stereocenters. The monoisotopic (exact) mass is 466 g/mol. The third-order valence-electron chi connectivity index (χ3n) is 3.12. The fourth-order valence-corrected chi connectivity index (χ4v) is 2.20. The van der Waals surface area contributed by atoms with Gasteiger partial charge in [0.05, 0.1) is 6.54 Å². The van der Waals surface area contributed by atoms with Gasteiger partial charge in [-0.2, -0.15) is 11.8 Å². The normalized spacial score (nSPS) is 11.1. The van der Waals surface area contributed by atoms with Gasteiger partial charge in [-0.3, -0.25) is 0 Å². The van der Waals surface area contributed by atoms with Crippen molar-refractivity contribution in [2.45, 2.75) is 13.5 Å². The molecule has 0 saturated heterocycles. The Morgan fingerprint density at radius 2 is 2.00 bits per heavy atom. The van der Waals surface area contributed by atoms with E-state index in [-0.39, 0.29) is 24.0 Å². The number of rotatable bonds is 10. The molecule has 0 aliphatic heterocycles. The topological polar surface area (TPSA) is 48.9 Å². The molecule has 0 aliphatic rings. The number of nitrogens with one attached hydrogen (secondary N) is 2. The number of para-hydroxylation sites is 1. The first-order valence-electron chi connectivity index (χ1n) is 8.04. The first-order valence-corrected chi connectivity index (χ1v) is 9.43. The summed E-state index contributed by atoms with van der Waals surface area (Å²) in [6, 6.07) is 8.10. The summed E-state index contributed by atoms with van der Waals surface area (Å²) < 4.78 is 5.88. The van der Waals surface area contributed by atoms with Gasteiger partial charge >= 0.3 is 0 Å². The summed E-state index contributed by atoms with van der Waals surface area (Å²) in [7, 11) is 4.09. The van der Waals surface area contributed by atoms with Gasteiger partial charge < -0.3 is 20.3 Å². The summed E-state index contributed by atoms with van der Waals surface area (Å²) in [5.74, 6) is 2.83. The molecule has 0 aromatic heterocycles. The lowest BCUT2D eigenvalue weighted by Gasteiger charge is -2.14. The van der Waals surface area contributed by atoms with Crippen molar-refractivity contribution in [3.8, 4) is 5.75 Å². The fourth-order valence-electron chi connectivity index (χ4n) is 1.89. The van der Waals surface area contributed by atoms with E-state index in [0.29, 0.717) is 13.2 Å². The number of likely N-dealkylation sites (N-methyl/N-ethyl adjacent to an activating group) is 1. The summed E-state index contributed by atoms with van der Waals surface area (Å²) in [5.41, 5.74) is 1.10. The van der Waals surface area contributed by atoms with E-state index in [4.69, 9.17) is 4.74 Å². The molecule has 24 heavy (non-hydrogen) atoms. The predicted molar refractivity (Wildman–Crippen MR) is 117 cm³/mol. The number of halogens is 1. The van der Waals surface area contributed by atoms with Crippen LogP contribution in [0.1, 0.15) is 12.5 Å². The molecule has 0 aliphatic carbocycles. The maximum absolute atomic E-state index is 5.88. The molecule has 1 rings (SSSR count). The highest BCUT2D eigenvalue weighted by atomic mass is 127. The van der Waals surface area contributed by atoms with Crippen molar-refractivity contribution in [3.05, 3.63) is 29.8 Å². The van der Waals surface area contributed by atoms with Crippen LogP contribution in [0, 0.1) is 0 Å². The molecular formula is C17H31IN4OS. The minimum Gasteiger partial charge on any atom is -0.492 e. The van der Waals surface area contributed by atoms with Crippen molar-refractivity contribution in [1.82, 2.24) is 15.5 Å². The maximum Gasteiger partial charge on any atom is 0.191 e. The van der Waals surface area contributed by atoms with Crippen LogP contribution in [-0.4, -0.2) is 63.2 Å². The average molecular weight is 466 g/mol. The van der Waals surface area contributed by atoms with E-state index >= 15 is 0 Å². The van der Waals surface area contributed by atoms with E-state index in [1.54, 1.807) is 0 Å². The van der Waals surface area contributed by atoms with E-state index in [0.717, 1.165) is 42.7 Å². The number of guanidine groups is 1.